The Balaban J connectivity index is 3.00. The van der Waals surface area contributed by atoms with Crippen LogP contribution in [0.4, 0.5) is 0 Å². The van der Waals surface area contributed by atoms with Crippen LogP contribution in [-0.2, 0) is 0 Å². The first-order chi connectivity index (χ1) is 6.15. The molecule has 0 heterocycles. The normalized spacial score (nSPS) is 11.5. The number of hydrogen-bond donors (Lipinski definition) is 0. The predicted molar refractivity (Wildman–Crippen MR) is 60.5 cm³/mol. The zero-order valence-corrected chi connectivity index (χ0v) is 8.59. The second-order valence-corrected chi connectivity index (χ2v) is 3.33. The Bertz CT molecular complexity index is 326. The molecule has 0 amide bonds. The molecule has 0 fully saturated rings. The number of hydrogen-bond acceptors (Lipinski definition) is 0. The van der Waals surface area contributed by atoms with Gasteiger partial charge in [-0.2, -0.15) is 0 Å². The standard InChI is InChI=1S/C13H16/c1-5-11(4)13-8-6-12(7-9-13)10(2)3/h5-9H,2H2,1,3-4H3/b11-5+. The van der Waals surface area contributed by atoms with Crippen LogP contribution in [0.15, 0.2) is 36.9 Å². The lowest BCUT2D eigenvalue weighted by Crippen LogP contribution is -1.81. The Morgan fingerprint density at radius 1 is 1.08 bits per heavy atom. The van der Waals surface area contributed by atoms with E-state index in [1.54, 1.807) is 0 Å². The van der Waals surface area contributed by atoms with Crippen LogP contribution in [0.1, 0.15) is 31.9 Å². The van der Waals surface area contributed by atoms with Gasteiger partial charge >= 0.3 is 0 Å². The van der Waals surface area contributed by atoms with Crippen molar-refractivity contribution in [1.82, 2.24) is 0 Å². The van der Waals surface area contributed by atoms with Crippen LogP contribution in [0.2, 0.25) is 0 Å². The molecule has 1 aromatic rings. The van der Waals surface area contributed by atoms with Gasteiger partial charge in [-0.1, -0.05) is 42.5 Å². The quantitative estimate of drug-likeness (QED) is 0.629. The first-order valence-corrected chi connectivity index (χ1v) is 4.54. The predicted octanol–water partition coefficient (Wildman–Crippen LogP) is 4.14. The molecule has 0 aliphatic carbocycles. The minimum absolute atomic E-state index is 1.12. The molecule has 68 valence electrons. The molecule has 0 saturated heterocycles. The molecule has 0 radical (unpaired) electrons. The van der Waals surface area contributed by atoms with E-state index in [0.717, 1.165) is 5.57 Å². The fraction of sp³-hybridized carbons (Fsp3) is 0.231. The third-order valence-corrected chi connectivity index (χ3v) is 2.27. The van der Waals surface area contributed by atoms with Crippen molar-refractivity contribution in [3.63, 3.8) is 0 Å². The lowest BCUT2D eigenvalue weighted by atomic mass is 10.0. The summed E-state index contributed by atoms with van der Waals surface area (Å²) in [6.07, 6.45) is 2.12. The first kappa shape index (κ1) is 9.79. The van der Waals surface area contributed by atoms with Crippen molar-refractivity contribution in [3.05, 3.63) is 48.0 Å². The SMILES string of the molecule is C=C(C)c1ccc(/C(C)=C/C)cc1. The molecule has 0 unspecified atom stereocenters. The Hall–Kier alpha value is -1.30. The molecule has 0 bridgehead atoms. The summed E-state index contributed by atoms with van der Waals surface area (Å²) in [6, 6.07) is 8.51. The topological polar surface area (TPSA) is 0 Å². The maximum atomic E-state index is 3.91. The Kier molecular flexibility index (Phi) is 3.07. The molecule has 0 heteroatoms. The van der Waals surface area contributed by atoms with Gasteiger partial charge in [0.05, 0.1) is 0 Å². The van der Waals surface area contributed by atoms with Crippen LogP contribution in [0.5, 0.6) is 0 Å². The van der Waals surface area contributed by atoms with Crippen LogP contribution >= 0.6 is 0 Å². The second kappa shape index (κ2) is 4.08. The number of allylic oxidation sites excluding steroid dienone is 3. The van der Waals surface area contributed by atoms with Gasteiger partial charge in [0.25, 0.3) is 0 Å². The molecule has 0 spiro atoms. The van der Waals surface area contributed by atoms with Gasteiger partial charge in [0.2, 0.25) is 0 Å². The zero-order chi connectivity index (χ0) is 9.84. The summed E-state index contributed by atoms with van der Waals surface area (Å²) >= 11 is 0. The van der Waals surface area contributed by atoms with Gasteiger partial charge in [-0.25, -0.2) is 0 Å². The van der Waals surface area contributed by atoms with Crippen molar-refractivity contribution in [2.75, 3.05) is 0 Å². The van der Waals surface area contributed by atoms with E-state index in [1.165, 1.54) is 16.7 Å². The van der Waals surface area contributed by atoms with Gasteiger partial charge < -0.3 is 0 Å². The smallest absolute Gasteiger partial charge is 0.0230 e. The molecule has 13 heavy (non-hydrogen) atoms. The van der Waals surface area contributed by atoms with Gasteiger partial charge in [-0.15, -0.1) is 0 Å². The molecule has 0 N–H and O–H groups in total. The Labute approximate surface area is 80.6 Å². The lowest BCUT2D eigenvalue weighted by molar-refractivity contribution is 1.50. The van der Waals surface area contributed by atoms with E-state index in [0.29, 0.717) is 0 Å². The average molecular weight is 172 g/mol. The van der Waals surface area contributed by atoms with E-state index >= 15 is 0 Å². The molecule has 1 rings (SSSR count). The fourth-order valence-electron chi connectivity index (χ4n) is 1.18. The van der Waals surface area contributed by atoms with Crippen molar-refractivity contribution in [3.8, 4) is 0 Å². The van der Waals surface area contributed by atoms with E-state index in [2.05, 4.69) is 50.8 Å². The van der Waals surface area contributed by atoms with Crippen molar-refractivity contribution < 1.29 is 0 Å². The van der Waals surface area contributed by atoms with Gasteiger partial charge in [0.15, 0.2) is 0 Å². The molecule has 0 aliphatic heterocycles. The molecular weight excluding hydrogens is 156 g/mol. The van der Waals surface area contributed by atoms with Gasteiger partial charge in [-0.05, 0) is 37.5 Å². The van der Waals surface area contributed by atoms with Gasteiger partial charge in [0.1, 0.15) is 0 Å². The first-order valence-electron chi connectivity index (χ1n) is 4.54. The summed E-state index contributed by atoms with van der Waals surface area (Å²) < 4.78 is 0. The van der Waals surface area contributed by atoms with Crippen LogP contribution in [0.25, 0.3) is 11.1 Å². The van der Waals surface area contributed by atoms with Crippen LogP contribution in [0, 0.1) is 0 Å². The maximum Gasteiger partial charge on any atom is -0.0230 e. The molecule has 1 aromatic carbocycles. The van der Waals surface area contributed by atoms with Crippen LogP contribution in [-0.4, -0.2) is 0 Å². The summed E-state index contributed by atoms with van der Waals surface area (Å²) in [5.41, 5.74) is 4.93. The highest BCUT2D eigenvalue weighted by Crippen LogP contribution is 2.17. The summed E-state index contributed by atoms with van der Waals surface area (Å²) in [5.74, 6) is 0. The molecule has 0 aromatic heterocycles. The highest BCUT2D eigenvalue weighted by molar-refractivity contribution is 5.67. The third kappa shape index (κ3) is 2.32. The molecule has 0 atom stereocenters. The summed E-state index contributed by atoms with van der Waals surface area (Å²) in [6.45, 7) is 10.1. The van der Waals surface area contributed by atoms with Crippen molar-refractivity contribution in [1.29, 1.82) is 0 Å². The highest BCUT2D eigenvalue weighted by atomic mass is 14.0. The Morgan fingerprint density at radius 2 is 1.54 bits per heavy atom. The average Bonchev–Trinajstić information content (AvgIpc) is 2.17. The highest BCUT2D eigenvalue weighted by Gasteiger charge is 1.95. The van der Waals surface area contributed by atoms with Crippen molar-refractivity contribution in [2.45, 2.75) is 20.8 Å². The maximum absolute atomic E-state index is 3.91. The van der Waals surface area contributed by atoms with Gasteiger partial charge in [0, 0.05) is 0 Å². The summed E-state index contributed by atoms with van der Waals surface area (Å²) in [5, 5.41) is 0. The largest absolute Gasteiger partial charge is 0.0955 e. The zero-order valence-electron chi connectivity index (χ0n) is 8.59. The van der Waals surface area contributed by atoms with E-state index in [9.17, 15) is 0 Å². The minimum Gasteiger partial charge on any atom is -0.0955 e. The summed E-state index contributed by atoms with van der Waals surface area (Å²) in [7, 11) is 0. The minimum atomic E-state index is 1.12. The van der Waals surface area contributed by atoms with Crippen LogP contribution < -0.4 is 0 Å². The molecule has 0 aliphatic rings. The fourth-order valence-corrected chi connectivity index (χ4v) is 1.18. The Morgan fingerprint density at radius 3 is 1.92 bits per heavy atom. The van der Waals surface area contributed by atoms with E-state index in [1.807, 2.05) is 6.92 Å². The molecular formula is C13H16. The van der Waals surface area contributed by atoms with E-state index < -0.39 is 0 Å². The van der Waals surface area contributed by atoms with Crippen LogP contribution in [0.3, 0.4) is 0 Å². The van der Waals surface area contributed by atoms with Crippen molar-refractivity contribution >= 4 is 11.1 Å². The number of rotatable bonds is 2. The molecule has 0 nitrogen and oxygen atoms in total. The van der Waals surface area contributed by atoms with Gasteiger partial charge in [-0.3, -0.25) is 0 Å². The number of benzene rings is 1. The summed E-state index contributed by atoms with van der Waals surface area (Å²) in [4.78, 5) is 0. The molecule has 0 saturated carbocycles. The second-order valence-electron chi connectivity index (χ2n) is 3.33. The third-order valence-electron chi connectivity index (χ3n) is 2.27. The lowest BCUT2D eigenvalue weighted by Gasteiger charge is -2.03. The van der Waals surface area contributed by atoms with E-state index in [-0.39, 0.29) is 0 Å². The van der Waals surface area contributed by atoms with Crippen molar-refractivity contribution in [2.24, 2.45) is 0 Å². The van der Waals surface area contributed by atoms with E-state index in [4.69, 9.17) is 0 Å². The monoisotopic (exact) mass is 172 g/mol.